The highest BCUT2D eigenvalue weighted by Crippen LogP contribution is 2.28. The van der Waals surface area contributed by atoms with E-state index in [1.165, 1.54) is 5.56 Å². The minimum atomic E-state index is 0.0967. The topological polar surface area (TPSA) is 17.1 Å². The van der Waals surface area contributed by atoms with Crippen LogP contribution in [0.2, 0.25) is 0 Å². The third-order valence-electron chi connectivity index (χ3n) is 2.45. The standard InChI is InChI=1S/C13H11BrOS/c1-8-3-5-10(6-4-8)13(15)11-7-12(14)16-9(11)2/h3-7H,1-2H3. The molecular formula is C13H11BrOS. The number of aryl methyl sites for hydroxylation is 2. The van der Waals surface area contributed by atoms with Gasteiger partial charge in [-0.25, -0.2) is 0 Å². The van der Waals surface area contributed by atoms with Gasteiger partial charge in [0.05, 0.1) is 3.79 Å². The number of rotatable bonds is 2. The van der Waals surface area contributed by atoms with Crippen LogP contribution in [0.1, 0.15) is 26.4 Å². The van der Waals surface area contributed by atoms with Crippen LogP contribution in [0.3, 0.4) is 0 Å². The lowest BCUT2D eigenvalue weighted by atomic mass is 10.0. The molecule has 0 atom stereocenters. The molecule has 0 radical (unpaired) electrons. The number of carbonyl (C=O) groups excluding carboxylic acids is 1. The molecule has 0 fully saturated rings. The fourth-order valence-electron chi connectivity index (χ4n) is 1.53. The second-order valence-electron chi connectivity index (χ2n) is 3.72. The summed E-state index contributed by atoms with van der Waals surface area (Å²) in [5.74, 6) is 0.0967. The van der Waals surface area contributed by atoms with E-state index < -0.39 is 0 Å². The maximum absolute atomic E-state index is 12.2. The van der Waals surface area contributed by atoms with E-state index in [2.05, 4.69) is 15.9 Å². The fourth-order valence-corrected chi connectivity index (χ4v) is 3.22. The van der Waals surface area contributed by atoms with Crippen LogP contribution < -0.4 is 0 Å². The van der Waals surface area contributed by atoms with Crippen LogP contribution in [-0.4, -0.2) is 5.78 Å². The van der Waals surface area contributed by atoms with Gasteiger partial charge in [0.2, 0.25) is 0 Å². The Morgan fingerprint density at radius 2 is 1.81 bits per heavy atom. The lowest BCUT2D eigenvalue weighted by Crippen LogP contribution is -2.00. The number of carbonyl (C=O) groups is 1. The minimum Gasteiger partial charge on any atom is -0.289 e. The zero-order valence-electron chi connectivity index (χ0n) is 9.08. The van der Waals surface area contributed by atoms with Crippen LogP contribution in [0.5, 0.6) is 0 Å². The van der Waals surface area contributed by atoms with Crippen molar-refractivity contribution >= 4 is 33.0 Å². The van der Waals surface area contributed by atoms with Crippen molar-refractivity contribution < 1.29 is 4.79 Å². The second-order valence-corrected chi connectivity index (χ2v) is 6.35. The summed E-state index contributed by atoms with van der Waals surface area (Å²) in [5, 5.41) is 0. The summed E-state index contributed by atoms with van der Waals surface area (Å²) in [7, 11) is 0. The zero-order chi connectivity index (χ0) is 11.7. The molecular weight excluding hydrogens is 284 g/mol. The predicted molar refractivity (Wildman–Crippen MR) is 71.4 cm³/mol. The van der Waals surface area contributed by atoms with Gasteiger partial charge in [-0.3, -0.25) is 4.79 Å². The van der Waals surface area contributed by atoms with Gasteiger partial charge < -0.3 is 0 Å². The monoisotopic (exact) mass is 294 g/mol. The Balaban J connectivity index is 2.39. The van der Waals surface area contributed by atoms with Gasteiger partial charge in [0, 0.05) is 16.0 Å². The average Bonchev–Trinajstić information content (AvgIpc) is 2.58. The Kier molecular flexibility index (Phi) is 3.26. The quantitative estimate of drug-likeness (QED) is 0.752. The van der Waals surface area contributed by atoms with Crippen molar-refractivity contribution in [2.45, 2.75) is 13.8 Å². The number of thiophene rings is 1. The first-order valence-corrected chi connectivity index (χ1v) is 6.56. The third-order valence-corrected chi connectivity index (χ3v) is 4.00. The largest absolute Gasteiger partial charge is 0.289 e. The highest BCUT2D eigenvalue weighted by atomic mass is 79.9. The molecule has 1 heterocycles. The normalized spacial score (nSPS) is 10.4. The van der Waals surface area contributed by atoms with Crippen molar-refractivity contribution in [1.29, 1.82) is 0 Å². The first-order valence-electron chi connectivity index (χ1n) is 4.95. The van der Waals surface area contributed by atoms with Crippen LogP contribution in [0.4, 0.5) is 0 Å². The van der Waals surface area contributed by atoms with Gasteiger partial charge in [0.1, 0.15) is 0 Å². The Morgan fingerprint density at radius 3 is 2.31 bits per heavy atom. The van der Waals surface area contributed by atoms with E-state index in [1.54, 1.807) is 11.3 Å². The van der Waals surface area contributed by atoms with Crippen molar-refractivity contribution in [3.63, 3.8) is 0 Å². The van der Waals surface area contributed by atoms with E-state index in [4.69, 9.17) is 0 Å². The summed E-state index contributed by atoms with van der Waals surface area (Å²) >= 11 is 4.99. The van der Waals surface area contributed by atoms with Crippen LogP contribution in [-0.2, 0) is 0 Å². The highest BCUT2D eigenvalue weighted by Gasteiger charge is 2.14. The molecule has 82 valence electrons. The Labute approximate surface area is 107 Å². The predicted octanol–water partition coefficient (Wildman–Crippen LogP) is 4.36. The lowest BCUT2D eigenvalue weighted by Gasteiger charge is -2.00. The molecule has 0 aliphatic carbocycles. The highest BCUT2D eigenvalue weighted by molar-refractivity contribution is 9.11. The molecule has 0 spiro atoms. The first-order chi connectivity index (χ1) is 7.58. The van der Waals surface area contributed by atoms with E-state index in [1.807, 2.05) is 44.2 Å². The van der Waals surface area contributed by atoms with Crippen LogP contribution in [0.15, 0.2) is 34.1 Å². The molecule has 0 aliphatic heterocycles. The molecule has 0 saturated carbocycles. The number of hydrogen-bond acceptors (Lipinski definition) is 2. The van der Waals surface area contributed by atoms with Gasteiger partial charge in [-0.2, -0.15) is 0 Å². The Hall–Kier alpha value is -0.930. The fraction of sp³-hybridized carbons (Fsp3) is 0.154. The maximum atomic E-state index is 12.2. The van der Waals surface area contributed by atoms with E-state index in [0.717, 1.165) is 19.8 Å². The van der Waals surface area contributed by atoms with E-state index in [9.17, 15) is 4.79 Å². The van der Waals surface area contributed by atoms with Crippen molar-refractivity contribution in [3.8, 4) is 0 Å². The number of halogens is 1. The van der Waals surface area contributed by atoms with Gasteiger partial charge in [-0.1, -0.05) is 29.8 Å². The van der Waals surface area contributed by atoms with Crippen LogP contribution in [0, 0.1) is 13.8 Å². The summed E-state index contributed by atoms with van der Waals surface area (Å²) < 4.78 is 1.00. The SMILES string of the molecule is Cc1ccc(C(=O)c2cc(Br)sc2C)cc1. The third kappa shape index (κ3) is 2.25. The van der Waals surface area contributed by atoms with Crippen molar-refractivity contribution in [2.75, 3.05) is 0 Å². The van der Waals surface area contributed by atoms with Crippen LogP contribution in [0.25, 0.3) is 0 Å². The number of ketones is 1. The van der Waals surface area contributed by atoms with Gasteiger partial charge >= 0.3 is 0 Å². The molecule has 0 saturated heterocycles. The molecule has 16 heavy (non-hydrogen) atoms. The molecule has 0 amide bonds. The molecule has 0 N–H and O–H groups in total. The van der Waals surface area contributed by atoms with Gasteiger partial charge in [-0.15, -0.1) is 11.3 Å². The first kappa shape index (κ1) is 11.6. The molecule has 1 nitrogen and oxygen atoms in total. The molecule has 1 aromatic heterocycles. The Bertz CT molecular complexity index is 525. The van der Waals surface area contributed by atoms with Gasteiger partial charge in [0.15, 0.2) is 5.78 Å². The van der Waals surface area contributed by atoms with Crippen molar-refractivity contribution in [2.24, 2.45) is 0 Å². The van der Waals surface area contributed by atoms with Crippen molar-refractivity contribution in [3.05, 3.63) is 55.7 Å². The van der Waals surface area contributed by atoms with E-state index in [-0.39, 0.29) is 5.78 Å². The smallest absolute Gasteiger partial charge is 0.194 e. The average molecular weight is 295 g/mol. The summed E-state index contributed by atoms with van der Waals surface area (Å²) in [6, 6.07) is 9.57. The second kappa shape index (κ2) is 4.52. The van der Waals surface area contributed by atoms with E-state index in [0.29, 0.717) is 0 Å². The summed E-state index contributed by atoms with van der Waals surface area (Å²) in [6.07, 6.45) is 0. The van der Waals surface area contributed by atoms with Gasteiger partial charge in [-0.05, 0) is 35.8 Å². The number of benzene rings is 1. The summed E-state index contributed by atoms with van der Waals surface area (Å²) in [6.45, 7) is 3.98. The van der Waals surface area contributed by atoms with Gasteiger partial charge in [0.25, 0.3) is 0 Å². The molecule has 0 unspecified atom stereocenters. The zero-order valence-corrected chi connectivity index (χ0v) is 11.5. The number of hydrogen-bond donors (Lipinski definition) is 0. The molecule has 2 aromatic rings. The minimum absolute atomic E-state index is 0.0967. The maximum Gasteiger partial charge on any atom is 0.194 e. The van der Waals surface area contributed by atoms with Crippen LogP contribution >= 0.6 is 27.3 Å². The molecule has 1 aromatic carbocycles. The summed E-state index contributed by atoms with van der Waals surface area (Å²) in [5.41, 5.74) is 2.71. The summed E-state index contributed by atoms with van der Waals surface area (Å²) in [4.78, 5) is 13.2. The molecule has 3 heteroatoms. The molecule has 2 rings (SSSR count). The van der Waals surface area contributed by atoms with Crippen molar-refractivity contribution in [1.82, 2.24) is 0 Å². The van der Waals surface area contributed by atoms with E-state index >= 15 is 0 Å². The Morgan fingerprint density at radius 1 is 1.19 bits per heavy atom. The molecule has 0 bridgehead atoms. The molecule has 0 aliphatic rings. The lowest BCUT2D eigenvalue weighted by molar-refractivity contribution is 0.103.